The third-order valence-electron chi connectivity index (χ3n) is 2.78. The van der Waals surface area contributed by atoms with E-state index in [4.69, 9.17) is 4.74 Å². The molecule has 0 spiro atoms. The summed E-state index contributed by atoms with van der Waals surface area (Å²) < 4.78 is 8.63. The van der Waals surface area contributed by atoms with E-state index in [2.05, 4.69) is 37.5 Å². The molecule has 1 saturated heterocycles. The van der Waals surface area contributed by atoms with Crippen LogP contribution in [-0.2, 0) is 4.74 Å². The SMILES string of the molecule is Ic1ncnc2c1ncn2C1CCCCO1. The van der Waals surface area contributed by atoms with Gasteiger partial charge < -0.3 is 4.74 Å². The van der Waals surface area contributed by atoms with E-state index in [0.29, 0.717) is 0 Å². The van der Waals surface area contributed by atoms with E-state index in [1.807, 2.05) is 4.57 Å². The number of nitrogens with zero attached hydrogens (tertiary/aromatic N) is 4. The molecular formula is C10H11IN4O. The van der Waals surface area contributed by atoms with Crippen LogP contribution in [0, 0.1) is 3.70 Å². The van der Waals surface area contributed by atoms with Gasteiger partial charge in [0.1, 0.15) is 21.8 Å². The highest BCUT2D eigenvalue weighted by molar-refractivity contribution is 14.1. The molecule has 84 valence electrons. The van der Waals surface area contributed by atoms with Gasteiger partial charge in [0.25, 0.3) is 0 Å². The molecule has 0 N–H and O–H groups in total. The van der Waals surface area contributed by atoms with Crippen LogP contribution in [-0.4, -0.2) is 26.1 Å². The molecule has 0 aliphatic carbocycles. The van der Waals surface area contributed by atoms with Gasteiger partial charge in [-0.1, -0.05) is 0 Å². The minimum absolute atomic E-state index is 0.0875. The summed E-state index contributed by atoms with van der Waals surface area (Å²) in [5.74, 6) is 0. The van der Waals surface area contributed by atoms with Crippen LogP contribution in [0.15, 0.2) is 12.7 Å². The average molecular weight is 330 g/mol. The number of hydrogen-bond donors (Lipinski definition) is 0. The van der Waals surface area contributed by atoms with Crippen molar-refractivity contribution in [3.8, 4) is 0 Å². The molecule has 1 aliphatic rings. The van der Waals surface area contributed by atoms with Crippen LogP contribution in [0.1, 0.15) is 25.5 Å². The molecule has 16 heavy (non-hydrogen) atoms. The summed E-state index contributed by atoms with van der Waals surface area (Å²) in [6.45, 7) is 0.826. The summed E-state index contributed by atoms with van der Waals surface area (Å²) in [7, 11) is 0. The average Bonchev–Trinajstić information content (AvgIpc) is 2.75. The molecule has 1 unspecified atom stereocenters. The molecule has 2 aromatic rings. The largest absolute Gasteiger partial charge is 0.358 e. The Morgan fingerprint density at radius 1 is 1.31 bits per heavy atom. The minimum Gasteiger partial charge on any atom is -0.358 e. The second kappa shape index (κ2) is 4.25. The summed E-state index contributed by atoms with van der Waals surface area (Å²) in [6, 6.07) is 0. The Morgan fingerprint density at radius 2 is 2.25 bits per heavy atom. The number of aromatic nitrogens is 4. The van der Waals surface area contributed by atoms with Crippen molar-refractivity contribution in [2.45, 2.75) is 25.5 Å². The second-order valence-electron chi connectivity index (χ2n) is 3.81. The Bertz CT molecular complexity index is 506. The lowest BCUT2D eigenvalue weighted by atomic mass is 10.2. The quantitative estimate of drug-likeness (QED) is 0.594. The van der Waals surface area contributed by atoms with Crippen LogP contribution in [0.5, 0.6) is 0 Å². The van der Waals surface area contributed by atoms with E-state index >= 15 is 0 Å². The molecule has 3 heterocycles. The molecule has 0 radical (unpaired) electrons. The van der Waals surface area contributed by atoms with E-state index in [9.17, 15) is 0 Å². The first-order chi connectivity index (χ1) is 7.86. The lowest BCUT2D eigenvalue weighted by Gasteiger charge is -2.23. The van der Waals surface area contributed by atoms with Gasteiger partial charge in [-0.3, -0.25) is 4.57 Å². The molecule has 0 bridgehead atoms. The van der Waals surface area contributed by atoms with Gasteiger partial charge in [-0.15, -0.1) is 0 Å². The van der Waals surface area contributed by atoms with Crippen molar-refractivity contribution in [2.24, 2.45) is 0 Å². The third kappa shape index (κ3) is 1.69. The van der Waals surface area contributed by atoms with Crippen LogP contribution in [0.2, 0.25) is 0 Å². The van der Waals surface area contributed by atoms with Crippen molar-refractivity contribution >= 4 is 33.8 Å². The fraction of sp³-hybridized carbons (Fsp3) is 0.500. The molecule has 0 saturated carbocycles. The minimum atomic E-state index is 0.0875. The predicted molar refractivity (Wildman–Crippen MR) is 66.9 cm³/mol. The Morgan fingerprint density at radius 3 is 3.06 bits per heavy atom. The highest BCUT2D eigenvalue weighted by Gasteiger charge is 2.19. The Kier molecular flexibility index (Phi) is 2.76. The maximum Gasteiger partial charge on any atom is 0.166 e. The van der Waals surface area contributed by atoms with E-state index in [0.717, 1.165) is 34.3 Å². The molecule has 2 aromatic heterocycles. The first-order valence-corrected chi connectivity index (χ1v) is 6.39. The predicted octanol–water partition coefficient (Wildman–Crippen LogP) is 2.13. The molecule has 3 rings (SSSR count). The molecule has 6 heteroatoms. The molecule has 0 amide bonds. The van der Waals surface area contributed by atoms with Gasteiger partial charge in [-0.2, -0.15) is 0 Å². The maximum absolute atomic E-state index is 5.73. The number of fused-ring (bicyclic) bond motifs is 1. The number of hydrogen-bond acceptors (Lipinski definition) is 4. The normalized spacial score (nSPS) is 21.4. The van der Waals surface area contributed by atoms with Crippen LogP contribution in [0.4, 0.5) is 0 Å². The number of rotatable bonds is 1. The zero-order valence-corrected chi connectivity index (χ0v) is 10.8. The van der Waals surface area contributed by atoms with Crippen molar-refractivity contribution in [1.29, 1.82) is 0 Å². The number of ether oxygens (including phenoxy) is 1. The zero-order chi connectivity index (χ0) is 11.0. The number of imidazole rings is 1. The van der Waals surface area contributed by atoms with Gasteiger partial charge >= 0.3 is 0 Å². The summed E-state index contributed by atoms with van der Waals surface area (Å²) in [6.07, 6.45) is 6.85. The summed E-state index contributed by atoms with van der Waals surface area (Å²) in [5, 5.41) is 0. The van der Waals surface area contributed by atoms with Crippen LogP contribution >= 0.6 is 22.6 Å². The fourth-order valence-corrected chi connectivity index (χ4v) is 2.48. The van der Waals surface area contributed by atoms with Gasteiger partial charge in [0.15, 0.2) is 5.65 Å². The van der Waals surface area contributed by atoms with Crippen molar-refractivity contribution < 1.29 is 4.74 Å². The van der Waals surface area contributed by atoms with Crippen LogP contribution in [0.3, 0.4) is 0 Å². The highest BCUT2D eigenvalue weighted by Crippen LogP contribution is 2.26. The fourth-order valence-electron chi connectivity index (χ4n) is 1.98. The lowest BCUT2D eigenvalue weighted by molar-refractivity contribution is -0.0298. The Labute approximate surface area is 106 Å². The molecule has 1 atom stereocenters. The Balaban J connectivity index is 2.06. The highest BCUT2D eigenvalue weighted by atomic mass is 127. The van der Waals surface area contributed by atoms with Gasteiger partial charge in [0.05, 0.1) is 6.33 Å². The van der Waals surface area contributed by atoms with E-state index < -0.39 is 0 Å². The van der Waals surface area contributed by atoms with Crippen molar-refractivity contribution in [3.05, 3.63) is 16.4 Å². The summed E-state index contributed by atoms with van der Waals surface area (Å²) >= 11 is 2.17. The van der Waals surface area contributed by atoms with Gasteiger partial charge in [0, 0.05) is 6.61 Å². The monoisotopic (exact) mass is 330 g/mol. The Hall–Kier alpha value is -0.760. The molecule has 0 aromatic carbocycles. The maximum atomic E-state index is 5.73. The molecule has 1 fully saturated rings. The summed E-state index contributed by atoms with van der Waals surface area (Å²) in [5.41, 5.74) is 1.73. The van der Waals surface area contributed by atoms with E-state index in [-0.39, 0.29) is 6.23 Å². The first-order valence-electron chi connectivity index (χ1n) is 5.31. The topological polar surface area (TPSA) is 52.8 Å². The van der Waals surface area contributed by atoms with Gasteiger partial charge in [0.2, 0.25) is 0 Å². The van der Waals surface area contributed by atoms with Crippen molar-refractivity contribution in [2.75, 3.05) is 6.61 Å². The van der Waals surface area contributed by atoms with Crippen LogP contribution < -0.4 is 0 Å². The van der Waals surface area contributed by atoms with E-state index in [1.54, 1.807) is 12.7 Å². The smallest absolute Gasteiger partial charge is 0.166 e. The van der Waals surface area contributed by atoms with Crippen molar-refractivity contribution in [1.82, 2.24) is 19.5 Å². The van der Waals surface area contributed by atoms with Gasteiger partial charge in [-0.25, -0.2) is 15.0 Å². The number of halogens is 1. The van der Waals surface area contributed by atoms with Crippen molar-refractivity contribution in [3.63, 3.8) is 0 Å². The third-order valence-corrected chi connectivity index (χ3v) is 3.57. The molecule has 1 aliphatic heterocycles. The van der Waals surface area contributed by atoms with Crippen LogP contribution in [0.25, 0.3) is 11.2 Å². The van der Waals surface area contributed by atoms with E-state index in [1.165, 1.54) is 6.42 Å². The van der Waals surface area contributed by atoms with Gasteiger partial charge in [-0.05, 0) is 41.9 Å². The zero-order valence-electron chi connectivity index (χ0n) is 8.64. The standard InChI is InChI=1S/C10H11IN4O/c11-9-8-10(13-5-12-9)15(6-14-8)7-3-1-2-4-16-7/h5-7H,1-4H2. The first kappa shape index (κ1) is 10.4. The lowest BCUT2D eigenvalue weighted by Crippen LogP contribution is -2.17. The molecule has 5 nitrogen and oxygen atoms in total. The molecular weight excluding hydrogens is 319 g/mol. The summed E-state index contributed by atoms with van der Waals surface area (Å²) in [4.78, 5) is 12.8. The second-order valence-corrected chi connectivity index (χ2v) is 4.83.